The van der Waals surface area contributed by atoms with E-state index >= 15 is 0 Å². The van der Waals surface area contributed by atoms with Crippen LogP contribution in [0.2, 0.25) is 0 Å². The first-order valence-electron chi connectivity index (χ1n) is 8.95. The summed E-state index contributed by atoms with van der Waals surface area (Å²) in [5, 5.41) is 2.87. The molecule has 0 unspecified atom stereocenters. The standard InChI is InChI=1S/C22H16N2O5/c1-26-16-6-2-13(3-7-16)22-24-17-8-5-15(11-19(17)29-22)23-21(25)14-4-9-18-20(10-14)28-12-27-18/h2-11H,12H2,1H3,(H,23,25). The molecule has 7 nitrogen and oxygen atoms in total. The molecule has 0 atom stereocenters. The number of oxazole rings is 1. The summed E-state index contributed by atoms with van der Waals surface area (Å²) in [6.45, 7) is 0.166. The molecule has 1 N–H and O–H groups in total. The Morgan fingerprint density at radius 3 is 2.66 bits per heavy atom. The van der Waals surface area contributed by atoms with Crippen LogP contribution in [0.15, 0.2) is 65.1 Å². The highest BCUT2D eigenvalue weighted by atomic mass is 16.7. The van der Waals surface area contributed by atoms with Gasteiger partial charge in [0.2, 0.25) is 12.7 Å². The van der Waals surface area contributed by atoms with Crippen molar-refractivity contribution < 1.29 is 23.4 Å². The number of ether oxygens (including phenoxy) is 3. The SMILES string of the molecule is COc1ccc(-c2nc3ccc(NC(=O)c4ccc5c(c4)OCO5)cc3o2)cc1. The molecule has 0 bridgehead atoms. The number of methoxy groups -OCH3 is 1. The maximum absolute atomic E-state index is 12.6. The maximum atomic E-state index is 12.6. The second kappa shape index (κ2) is 6.87. The molecule has 1 amide bonds. The number of hydrogen-bond acceptors (Lipinski definition) is 6. The number of anilines is 1. The van der Waals surface area contributed by atoms with Crippen LogP contribution in [0.3, 0.4) is 0 Å². The lowest BCUT2D eigenvalue weighted by molar-refractivity contribution is 0.102. The van der Waals surface area contributed by atoms with E-state index in [2.05, 4.69) is 10.3 Å². The van der Waals surface area contributed by atoms with E-state index in [-0.39, 0.29) is 12.7 Å². The molecule has 1 aromatic heterocycles. The van der Waals surface area contributed by atoms with E-state index in [0.29, 0.717) is 39.7 Å². The number of benzene rings is 3. The summed E-state index contributed by atoms with van der Waals surface area (Å²) in [5.41, 5.74) is 3.22. The molecule has 0 saturated carbocycles. The van der Waals surface area contributed by atoms with E-state index in [0.717, 1.165) is 11.3 Å². The summed E-state index contributed by atoms with van der Waals surface area (Å²) in [4.78, 5) is 17.1. The van der Waals surface area contributed by atoms with E-state index in [1.54, 1.807) is 43.5 Å². The van der Waals surface area contributed by atoms with Crippen molar-refractivity contribution in [3.63, 3.8) is 0 Å². The molecule has 0 radical (unpaired) electrons. The molecular weight excluding hydrogens is 372 g/mol. The van der Waals surface area contributed by atoms with E-state index in [9.17, 15) is 4.79 Å². The van der Waals surface area contributed by atoms with Gasteiger partial charge in [-0.25, -0.2) is 4.98 Å². The van der Waals surface area contributed by atoms with Gasteiger partial charge < -0.3 is 23.9 Å². The summed E-state index contributed by atoms with van der Waals surface area (Å²) in [7, 11) is 1.62. The molecule has 0 fully saturated rings. The van der Waals surface area contributed by atoms with E-state index in [1.807, 2.05) is 24.3 Å². The monoisotopic (exact) mass is 388 g/mol. The number of hydrogen-bond donors (Lipinski definition) is 1. The Balaban J connectivity index is 1.38. The normalized spacial score (nSPS) is 12.2. The molecule has 1 aliphatic rings. The van der Waals surface area contributed by atoms with Gasteiger partial charge in [-0.15, -0.1) is 0 Å². The molecule has 144 valence electrons. The number of fused-ring (bicyclic) bond motifs is 2. The zero-order chi connectivity index (χ0) is 19.8. The zero-order valence-corrected chi connectivity index (χ0v) is 15.5. The average Bonchev–Trinajstić information content (AvgIpc) is 3.39. The van der Waals surface area contributed by atoms with Crippen molar-refractivity contribution in [2.45, 2.75) is 0 Å². The van der Waals surface area contributed by atoms with Crippen molar-refractivity contribution in [2.24, 2.45) is 0 Å². The Labute approximate surface area is 165 Å². The number of rotatable bonds is 4. The lowest BCUT2D eigenvalue weighted by Crippen LogP contribution is -2.11. The van der Waals surface area contributed by atoms with Crippen LogP contribution in [0.5, 0.6) is 17.2 Å². The molecule has 3 aromatic carbocycles. The number of amides is 1. The van der Waals surface area contributed by atoms with Gasteiger partial charge in [0.15, 0.2) is 17.1 Å². The fourth-order valence-electron chi connectivity index (χ4n) is 3.10. The van der Waals surface area contributed by atoms with Gasteiger partial charge in [0.05, 0.1) is 7.11 Å². The average molecular weight is 388 g/mol. The van der Waals surface area contributed by atoms with Crippen molar-refractivity contribution in [1.82, 2.24) is 4.98 Å². The topological polar surface area (TPSA) is 82.8 Å². The lowest BCUT2D eigenvalue weighted by Gasteiger charge is -2.05. The van der Waals surface area contributed by atoms with E-state index in [4.69, 9.17) is 18.6 Å². The molecule has 29 heavy (non-hydrogen) atoms. The molecular formula is C22H16N2O5. The largest absolute Gasteiger partial charge is 0.497 e. The fourth-order valence-corrected chi connectivity index (χ4v) is 3.10. The predicted molar refractivity (Wildman–Crippen MR) is 107 cm³/mol. The number of nitrogens with one attached hydrogen (secondary N) is 1. The van der Waals surface area contributed by atoms with Crippen LogP contribution in [-0.2, 0) is 0 Å². The van der Waals surface area contributed by atoms with Gasteiger partial charge in [0.1, 0.15) is 11.3 Å². The van der Waals surface area contributed by atoms with Gasteiger partial charge in [-0.2, -0.15) is 0 Å². The highest BCUT2D eigenvalue weighted by Crippen LogP contribution is 2.33. The number of carbonyl (C=O) groups is 1. The summed E-state index contributed by atoms with van der Waals surface area (Å²) >= 11 is 0. The Bertz CT molecular complexity index is 1210. The molecule has 0 spiro atoms. The zero-order valence-electron chi connectivity index (χ0n) is 15.5. The van der Waals surface area contributed by atoms with Gasteiger partial charge in [-0.1, -0.05) is 0 Å². The van der Waals surface area contributed by atoms with Gasteiger partial charge in [0.25, 0.3) is 5.91 Å². The van der Waals surface area contributed by atoms with Crippen molar-refractivity contribution in [1.29, 1.82) is 0 Å². The van der Waals surface area contributed by atoms with Crippen LogP contribution >= 0.6 is 0 Å². The third-order valence-corrected chi connectivity index (χ3v) is 4.62. The minimum absolute atomic E-state index is 0.166. The van der Waals surface area contributed by atoms with E-state index in [1.165, 1.54) is 0 Å². The Morgan fingerprint density at radius 1 is 1.00 bits per heavy atom. The van der Waals surface area contributed by atoms with Crippen LogP contribution in [-0.4, -0.2) is 24.8 Å². The lowest BCUT2D eigenvalue weighted by atomic mass is 10.2. The molecule has 0 aliphatic carbocycles. The predicted octanol–water partition coefficient (Wildman–Crippen LogP) is 4.48. The van der Waals surface area contributed by atoms with Crippen molar-refractivity contribution >= 4 is 22.7 Å². The molecule has 2 heterocycles. The molecule has 4 aromatic rings. The molecule has 1 aliphatic heterocycles. The maximum Gasteiger partial charge on any atom is 0.255 e. The Hall–Kier alpha value is -4.00. The van der Waals surface area contributed by atoms with Crippen LogP contribution in [0.4, 0.5) is 5.69 Å². The first-order chi connectivity index (χ1) is 14.2. The van der Waals surface area contributed by atoms with Crippen molar-refractivity contribution in [3.05, 3.63) is 66.2 Å². The first kappa shape index (κ1) is 17.1. The number of carbonyl (C=O) groups excluding carboxylic acids is 1. The minimum atomic E-state index is -0.252. The minimum Gasteiger partial charge on any atom is -0.497 e. The van der Waals surface area contributed by atoms with Crippen LogP contribution < -0.4 is 19.5 Å². The summed E-state index contributed by atoms with van der Waals surface area (Å²) in [5.74, 6) is 2.21. The van der Waals surface area contributed by atoms with Gasteiger partial charge in [-0.05, 0) is 54.6 Å². The highest BCUT2D eigenvalue weighted by molar-refractivity contribution is 6.05. The van der Waals surface area contributed by atoms with Crippen LogP contribution in [0.1, 0.15) is 10.4 Å². The smallest absolute Gasteiger partial charge is 0.255 e. The molecule has 7 heteroatoms. The van der Waals surface area contributed by atoms with Crippen LogP contribution in [0, 0.1) is 0 Å². The van der Waals surface area contributed by atoms with Gasteiger partial charge in [-0.3, -0.25) is 4.79 Å². The number of nitrogens with zero attached hydrogens (tertiary/aromatic N) is 1. The summed E-state index contributed by atoms with van der Waals surface area (Å²) in [6.07, 6.45) is 0. The van der Waals surface area contributed by atoms with Crippen molar-refractivity contribution in [2.75, 3.05) is 19.2 Å². The third-order valence-electron chi connectivity index (χ3n) is 4.62. The highest BCUT2D eigenvalue weighted by Gasteiger charge is 2.17. The Kier molecular flexibility index (Phi) is 4.05. The quantitative estimate of drug-likeness (QED) is 0.555. The van der Waals surface area contributed by atoms with Gasteiger partial charge >= 0.3 is 0 Å². The second-order valence-corrected chi connectivity index (χ2v) is 6.45. The third kappa shape index (κ3) is 3.23. The Morgan fingerprint density at radius 2 is 1.83 bits per heavy atom. The van der Waals surface area contributed by atoms with Gasteiger partial charge in [0, 0.05) is 22.9 Å². The van der Waals surface area contributed by atoms with Crippen molar-refractivity contribution in [3.8, 4) is 28.7 Å². The van der Waals surface area contributed by atoms with Crippen LogP contribution in [0.25, 0.3) is 22.6 Å². The molecule has 5 rings (SSSR count). The first-order valence-corrected chi connectivity index (χ1v) is 8.95. The van der Waals surface area contributed by atoms with E-state index < -0.39 is 0 Å². The number of aromatic nitrogens is 1. The molecule has 0 saturated heterocycles. The summed E-state index contributed by atoms with van der Waals surface area (Å²) in [6, 6.07) is 17.9. The second-order valence-electron chi connectivity index (χ2n) is 6.45. The fraction of sp³-hybridized carbons (Fsp3) is 0.0909. The summed E-state index contributed by atoms with van der Waals surface area (Å²) < 4.78 is 21.6.